The molecule has 1 aromatic rings. The van der Waals surface area contributed by atoms with Gasteiger partial charge in [0.05, 0.1) is 7.11 Å². The van der Waals surface area contributed by atoms with Gasteiger partial charge in [-0.05, 0) is 12.1 Å². The number of pyridine rings is 1. The molecular formula is C10H10Cl2N2O3. The highest BCUT2D eigenvalue weighted by Crippen LogP contribution is 2.15. The number of aromatic nitrogens is 1. The van der Waals surface area contributed by atoms with E-state index in [9.17, 15) is 9.59 Å². The lowest BCUT2D eigenvalue weighted by atomic mass is 10.2. The number of carbonyl (C=O) groups excluding carboxylic acids is 2. The Hall–Kier alpha value is -1.33. The summed E-state index contributed by atoms with van der Waals surface area (Å²) >= 11 is 11.3. The van der Waals surface area contributed by atoms with Crippen molar-refractivity contribution in [2.45, 2.75) is 0 Å². The van der Waals surface area contributed by atoms with Gasteiger partial charge in [0.1, 0.15) is 16.9 Å². The lowest BCUT2D eigenvalue weighted by Crippen LogP contribution is -2.32. The minimum absolute atomic E-state index is 0.118. The highest BCUT2D eigenvalue weighted by Gasteiger charge is 2.16. The topological polar surface area (TPSA) is 59.5 Å². The van der Waals surface area contributed by atoms with Crippen molar-refractivity contribution >= 4 is 35.1 Å². The predicted octanol–water partition coefficient (Wildman–Crippen LogP) is 1.63. The fraction of sp³-hybridized carbons (Fsp3) is 0.300. The Balaban J connectivity index is 2.85. The Morgan fingerprint density at radius 3 is 2.35 bits per heavy atom. The van der Waals surface area contributed by atoms with Crippen LogP contribution in [0, 0.1) is 0 Å². The van der Waals surface area contributed by atoms with E-state index in [2.05, 4.69) is 9.72 Å². The number of halogens is 2. The van der Waals surface area contributed by atoms with Crippen LogP contribution in [-0.4, -0.2) is 42.5 Å². The molecule has 5 nitrogen and oxygen atoms in total. The second-order valence-electron chi connectivity index (χ2n) is 3.24. The van der Waals surface area contributed by atoms with Crippen molar-refractivity contribution < 1.29 is 14.3 Å². The molecule has 0 aromatic carbocycles. The molecular weight excluding hydrogens is 267 g/mol. The number of amides is 1. The zero-order valence-corrected chi connectivity index (χ0v) is 10.7. The molecule has 0 N–H and O–H groups in total. The number of rotatable bonds is 3. The van der Waals surface area contributed by atoms with Gasteiger partial charge in [-0.3, -0.25) is 9.59 Å². The number of ether oxygens (including phenoxy) is 1. The molecule has 0 spiro atoms. The first-order valence-corrected chi connectivity index (χ1v) is 5.35. The van der Waals surface area contributed by atoms with E-state index in [1.165, 1.54) is 31.2 Å². The van der Waals surface area contributed by atoms with Crippen molar-refractivity contribution in [3.8, 4) is 0 Å². The summed E-state index contributed by atoms with van der Waals surface area (Å²) in [6, 6.07) is 2.76. The maximum atomic E-state index is 11.9. The average molecular weight is 277 g/mol. The number of nitrogens with zero attached hydrogens (tertiary/aromatic N) is 2. The smallest absolute Gasteiger partial charge is 0.325 e. The Kier molecular flexibility index (Phi) is 4.72. The van der Waals surface area contributed by atoms with E-state index >= 15 is 0 Å². The summed E-state index contributed by atoms with van der Waals surface area (Å²) in [5.41, 5.74) is 0.265. The first-order valence-electron chi connectivity index (χ1n) is 4.59. The van der Waals surface area contributed by atoms with E-state index in [1.807, 2.05) is 0 Å². The molecule has 0 aliphatic heterocycles. The molecule has 0 bridgehead atoms. The maximum Gasteiger partial charge on any atom is 0.325 e. The van der Waals surface area contributed by atoms with Crippen LogP contribution in [0.5, 0.6) is 0 Å². The van der Waals surface area contributed by atoms with E-state index in [4.69, 9.17) is 23.2 Å². The lowest BCUT2D eigenvalue weighted by Gasteiger charge is -2.15. The summed E-state index contributed by atoms with van der Waals surface area (Å²) in [6.07, 6.45) is 0. The second-order valence-corrected chi connectivity index (χ2v) is 4.01. The lowest BCUT2D eigenvalue weighted by molar-refractivity contribution is -0.141. The number of hydrogen-bond donors (Lipinski definition) is 0. The molecule has 0 atom stereocenters. The Bertz CT molecular complexity index is 431. The van der Waals surface area contributed by atoms with Gasteiger partial charge < -0.3 is 9.64 Å². The van der Waals surface area contributed by atoms with Crippen LogP contribution >= 0.6 is 23.2 Å². The molecule has 1 rings (SSSR count). The number of methoxy groups -OCH3 is 1. The normalized spacial score (nSPS) is 9.88. The predicted molar refractivity (Wildman–Crippen MR) is 63.2 cm³/mol. The number of likely N-dealkylation sites (N-methyl/N-ethyl adjacent to an activating group) is 1. The van der Waals surface area contributed by atoms with E-state index in [0.29, 0.717) is 0 Å². The highest BCUT2D eigenvalue weighted by molar-refractivity contribution is 6.33. The Morgan fingerprint density at radius 2 is 1.88 bits per heavy atom. The third-order valence-corrected chi connectivity index (χ3v) is 2.34. The maximum absolute atomic E-state index is 11.9. The summed E-state index contributed by atoms with van der Waals surface area (Å²) in [6.45, 7) is -0.146. The summed E-state index contributed by atoms with van der Waals surface area (Å²) in [5, 5.41) is 0.236. The number of hydrogen-bond acceptors (Lipinski definition) is 4. The molecule has 0 unspecified atom stereocenters. The average Bonchev–Trinajstić information content (AvgIpc) is 2.26. The zero-order chi connectivity index (χ0) is 13.0. The molecule has 1 aromatic heterocycles. The van der Waals surface area contributed by atoms with Gasteiger partial charge in [-0.25, -0.2) is 4.98 Å². The van der Waals surface area contributed by atoms with Gasteiger partial charge in [-0.15, -0.1) is 0 Å². The van der Waals surface area contributed by atoms with Crippen molar-refractivity contribution in [2.75, 3.05) is 20.7 Å². The van der Waals surface area contributed by atoms with E-state index in [1.54, 1.807) is 0 Å². The van der Waals surface area contributed by atoms with Gasteiger partial charge in [0.2, 0.25) is 0 Å². The van der Waals surface area contributed by atoms with Crippen LogP contribution < -0.4 is 0 Å². The van der Waals surface area contributed by atoms with Gasteiger partial charge in [0, 0.05) is 12.6 Å². The first-order chi connectivity index (χ1) is 7.93. The van der Waals surface area contributed by atoms with Gasteiger partial charge in [-0.2, -0.15) is 0 Å². The van der Waals surface area contributed by atoms with Crippen LogP contribution in [-0.2, 0) is 9.53 Å². The van der Waals surface area contributed by atoms with Crippen LogP contribution in [0.15, 0.2) is 12.1 Å². The number of carbonyl (C=O) groups is 2. The Morgan fingerprint density at radius 1 is 1.35 bits per heavy atom. The minimum atomic E-state index is -0.507. The van der Waals surface area contributed by atoms with Crippen LogP contribution in [0.2, 0.25) is 10.3 Å². The van der Waals surface area contributed by atoms with Crippen molar-refractivity contribution in [1.82, 2.24) is 9.88 Å². The van der Waals surface area contributed by atoms with Gasteiger partial charge >= 0.3 is 5.97 Å². The van der Waals surface area contributed by atoms with E-state index < -0.39 is 5.97 Å². The summed E-state index contributed by atoms with van der Waals surface area (Å²) in [4.78, 5) is 27.8. The van der Waals surface area contributed by atoms with Crippen LogP contribution in [0.3, 0.4) is 0 Å². The summed E-state index contributed by atoms with van der Waals surface area (Å²) in [7, 11) is 2.72. The first kappa shape index (κ1) is 13.7. The summed E-state index contributed by atoms with van der Waals surface area (Å²) in [5.74, 6) is -0.895. The second kappa shape index (κ2) is 5.84. The largest absolute Gasteiger partial charge is 0.468 e. The SMILES string of the molecule is COC(=O)CN(C)C(=O)c1cc(Cl)nc(Cl)c1. The molecule has 92 valence electrons. The third kappa shape index (κ3) is 3.87. The molecule has 7 heteroatoms. The minimum Gasteiger partial charge on any atom is -0.468 e. The quantitative estimate of drug-likeness (QED) is 0.622. The molecule has 0 saturated heterocycles. The number of esters is 1. The summed E-state index contributed by atoms with van der Waals surface area (Å²) < 4.78 is 4.46. The molecule has 1 amide bonds. The van der Waals surface area contributed by atoms with Crippen molar-refractivity contribution in [2.24, 2.45) is 0 Å². The molecule has 1 heterocycles. The van der Waals surface area contributed by atoms with Crippen LogP contribution in [0.25, 0.3) is 0 Å². The van der Waals surface area contributed by atoms with Gasteiger partial charge in [0.15, 0.2) is 0 Å². The van der Waals surface area contributed by atoms with Crippen molar-refractivity contribution in [3.05, 3.63) is 28.0 Å². The van der Waals surface area contributed by atoms with Gasteiger partial charge in [-0.1, -0.05) is 23.2 Å². The molecule has 0 fully saturated rings. The zero-order valence-electron chi connectivity index (χ0n) is 9.24. The standard InChI is InChI=1S/C10H10Cl2N2O3/c1-14(5-9(15)17-2)10(16)6-3-7(11)13-8(12)4-6/h3-4H,5H2,1-2H3. The van der Waals surface area contributed by atoms with Crippen molar-refractivity contribution in [3.63, 3.8) is 0 Å². The van der Waals surface area contributed by atoms with Crippen LogP contribution in [0.4, 0.5) is 0 Å². The van der Waals surface area contributed by atoms with Gasteiger partial charge in [0.25, 0.3) is 5.91 Å². The molecule has 0 radical (unpaired) electrons. The fourth-order valence-electron chi connectivity index (χ4n) is 1.14. The molecule has 0 aliphatic carbocycles. The fourth-order valence-corrected chi connectivity index (χ4v) is 1.60. The highest BCUT2D eigenvalue weighted by atomic mass is 35.5. The molecule has 0 aliphatic rings. The monoisotopic (exact) mass is 276 g/mol. The Labute approximate surface area is 108 Å². The van der Waals surface area contributed by atoms with Crippen LogP contribution in [0.1, 0.15) is 10.4 Å². The molecule has 0 saturated carbocycles. The van der Waals surface area contributed by atoms with E-state index in [0.717, 1.165) is 0 Å². The van der Waals surface area contributed by atoms with Crippen molar-refractivity contribution in [1.29, 1.82) is 0 Å². The van der Waals surface area contributed by atoms with E-state index in [-0.39, 0.29) is 28.3 Å². The third-order valence-electron chi connectivity index (χ3n) is 1.95. The molecule has 17 heavy (non-hydrogen) atoms.